The van der Waals surface area contributed by atoms with Gasteiger partial charge in [0.25, 0.3) is 0 Å². The van der Waals surface area contributed by atoms with Crippen LogP contribution in [0, 0.1) is 36.4 Å². The molecule has 1 atom stereocenters. The van der Waals surface area contributed by atoms with E-state index in [0.29, 0.717) is 36.5 Å². The van der Waals surface area contributed by atoms with Gasteiger partial charge in [-0.2, -0.15) is 5.26 Å². The van der Waals surface area contributed by atoms with Gasteiger partial charge in [0.15, 0.2) is 5.78 Å². The van der Waals surface area contributed by atoms with E-state index in [4.69, 9.17) is 15.2 Å². The van der Waals surface area contributed by atoms with Gasteiger partial charge < -0.3 is 15.2 Å². The molecule has 1 unspecified atom stereocenters. The average Bonchev–Trinajstić information content (AvgIpc) is 2.92. The normalized spacial score (nSPS) is 18.2. The zero-order valence-electron chi connectivity index (χ0n) is 24.0. The second-order valence-electron chi connectivity index (χ2n) is 11.6. The number of benzene rings is 3. The first-order chi connectivity index (χ1) is 19.5. The molecular formula is C34H34FN3O3. The van der Waals surface area contributed by atoms with Crippen molar-refractivity contribution in [3.63, 3.8) is 0 Å². The highest BCUT2D eigenvalue weighted by molar-refractivity contribution is 6.01. The van der Waals surface area contributed by atoms with E-state index in [2.05, 4.69) is 12.1 Å². The Morgan fingerprint density at radius 2 is 1.78 bits per heavy atom. The molecule has 1 aliphatic carbocycles. The predicted octanol–water partition coefficient (Wildman–Crippen LogP) is 6.97. The van der Waals surface area contributed by atoms with E-state index in [0.717, 1.165) is 33.7 Å². The van der Waals surface area contributed by atoms with Crippen LogP contribution in [0.4, 0.5) is 10.1 Å². The topological polar surface area (TPSA) is 88.6 Å². The number of rotatable bonds is 6. The summed E-state index contributed by atoms with van der Waals surface area (Å²) in [7, 11) is 1.62. The molecule has 0 aromatic heterocycles. The number of halogens is 1. The largest absolute Gasteiger partial charge is 0.497 e. The third-order valence-electron chi connectivity index (χ3n) is 7.91. The summed E-state index contributed by atoms with van der Waals surface area (Å²) in [6.07, 6.45) is 0.898. The van der Waals surface area contributed by atoms with Crippen molar-refractivity contribution in [3.8, 4) is 17.6 Å². The molecule has 0 saturated carbocycles. The summed E-state index contributed by atoms with van der Waals surface area (Å²) >= 11 is 0. The minimum Gasteiger partial charge on any atom is -0.497 e. The molecule has 0 bridgehead atoms. The Labute approximate surface area is 240 Å². The number of allylic oxidation sites excluding steroid dienone is 3. The van der Waals surface area contributed by atoms with E-state index in [1.165, 1.54) is 12.1 Å². The molecule has 1 heterocycles. The smallest absolute Gasteiger partial charge is 0.162 e. The lowest BCUT2D eigenvalue weighted by atomic mass is 9.68. The Morgan fingerprint density at radius 3 is 2.44 bits per heavy atom. The van der Waals surface area contributed by atoms with Gasteiger partial charge in [-0.1, -0.05) is 37.6 Å². The van der Waals surface area contributed by atoms with Crippen LogP contribution in [0.5, 0.6) is 11.5 Å². The maximum absolute atomic E-state index is 14.3. The lowest BCUT2D eigenvalue weighted by Gasteiger charge is -2.44. The first kappa shape index (κ1) is 28.0. The number of hydrogen-bond acceptors (Lipinski definition) is 6. The zero-order valence-corrected chi connectivity index (χ0v) is 24.0. The molecule has 3 aromatic carbocycles. The number of nitrogens with two attached hydrogens (primary N) is 1. The van der Waals surface area contributed by atoms with Crippen LogP contribution in [0.2, 0.25) is 0 Å². The van der Waals surface area contributed by atoms with Crippen molar-refractivity contribution in [2.45, 2.75) is 53.1 Å². The number of carbonyl (C=O) groups excluding carboxylic acids is 1. The van der Waals surface area contributed by atoms with E-state index >= 15 is 0 Å². The quantitative estimate of drug-likeness (QED) is 0.356. The van der Waals surface area contributed by atoms with E-state index < -0.39 is 11.7 Å². The van der Waals surface area contributed by atoms with Crippen LogP contribution in [0.1, 0.15) is 54.9 Å². The SMILES string of the molecule is COc1ccc(OCc2cc(C)cc(C3C(C#N)=C(N)N(c4cccc(F)c4)C4=C3C(=O)CC(C)(C)C4)c2C)cc1. The third kappa shape index (κ3) is 5.30. The Morgan fingerprint density at radius 1 is 1.07 bits per heavy atom. The monoisotopic (exact) mass is 551 g/mol. The molecule has 0 amide bonds. The molecule has 2 aliphatic rings. The summed E-state index contributed by atoms with van der Waals surface area (Å²) in [4.78, 5) is 15.6. The zero-order chi connectivity index (χ0) is 29.5. The van der Waals surface area contributed by atoms with Gasteiger partial charge in [0.05, 0.1) is 30.4 Å². The number of ether oxygens (including phenoxy) is 2. The number of carbonyl (C=O) groups is 1. The van der Waals surface area contributed by atoms with E-state index in [-0.39, 0.29) is 22.6 Å². The molecule has 6 nitrogen and oxygen atoms in total. The van der Waals surface area contributed by atoms with Crippen LogP contribution >= 0.6 is 0 Å². The Bertz CT molecular complexity index is 1630. The van der Waals surface area contributed by atoms with E-state index in [9.17, 15) is 14.4 Å². The van der Waals surface area contributed by atoms with Crippen LogP contribution in [-0.4, -0.2) is 12.9 Å². The molecule has 0 spiro atoms. The average molecular weight is 552 g/mol. The minimum absolute atomic E-state index is 0.0279. The minimum atomic E-state index is -0.636. The Balaban J connectivity index is 1.64. The van der Waals surface area contributed by atoms with Crippen LogP contribution in [0.15, 0.2) is 83.3 Å². The highest BCUT2D eigenvalue weighted by Gasteiger charge is 2.45. The second-order valence-corrected chi connectivity index (χ2v) is 11.6. The number of methoxy groups -OCH3 is 1. The fourth-order valence-corrected chi connectivity index (χ4v) is 5.98. The maximum atomic E-state index is 14.3. The van der Waals surface area contributed by atoms with Crippen molar-refractivity contribution in [1.82, 2.24) is 0 Å². The van der Waals surface area contributed by atoms with Crippen molar-refractivity contribution in [1.29, 1.82) is 5.26 Å². The van der Waals surface area contributed by atoms with Crippen LogP contribution in [0.25, 0.3) is 0 Å². The molecule has 0 saturated heterocycles. The van der Waals surface area contributed by atoms with Gasteiger partial charge in [0.2, 0.25) is 0 Å². The molecule has 0 fully saturated rings. The summed E-state index contributed by atoms with van der Waals surface area (Å²) in [5, 5.41) is 10.5. The van der Waals surface area contributed by atoms with Gasteiger partial charge in [-0.05, 0) is 84.8 Å². The van der Waals surface area contributed by atoms with Gasteiger partial charge >= 0.3 is 0 Å². The molecule has 7 heteroatoms. The van der Waals surface area contributed by atoms with Crippen molar-refractivity contribution < 1.29 is 18.7 Å². The molecule has 41 heavy (non-hydrogen) atoms. The molecule has 5 rings (SSSR count). The molecule has 3 aromatic rings. The van der Waals surface area contributed by atoms with E-state index in [1.54, 1.807) is 24.1 Å². The van der Waals surface area contributed by atoms with Gasteiger partial charge in [-0.25, -0.2) is 4.39 Å². The summed E-state index contributed by atoms with van der Waals surface area (Å²) in [6, 6.07) is 19.9. The fraction of sp³-hybridized carbons (Fsp3) is 0.294. The second kappa shape index (κ2) is 10.8. The fourth-order valence-electron chi connectivity index (χ4n) is 5.98. The number of aryl methyl sites for hydroxylation is 1. The summed E-state index contributed by atoms with van der Waals surface area (Å²) < 4.78 is 25.7. The lowest BCUT2D eigenvalue weighted by Crippen LogP contribution is -2.42. The first-order valence-electron chi connectivity index (χ1n) is 13.6. The number of ketones is 1. The standard InChI is InChI=1S/C34H34FN3O3/c1-20-13-22(19-41-26-11-9-25(40-5)10-12-26)21(2)27(14-20)31-28(18-36)33(37)38(24-8-6-7-23(35)15-24)29-16-34(3,4)17-30(39)32(29)31/h6-15,31H,16-17,19,37H2,1-5H3. The summed E-state index contributed by atoms with van der Waals surface area (Å²) in [5.74, 6) is 0.574. The van der Waals surface area contributed by atoms with Gasteiger partial charge in [-0.3, -0.25) is 9.69 Å². The highest BCUT2D eigenvalue weighted by atomic mass is 19.1. The Kier molecular flexibility index (Phi) is 7.35. The lowest BCUT2D eigenvalue weighted by molar-refractivity contribution is -0.118. The molecule has 210 valence electrons. The van der Waals surface area contributed by atoms with Crippen LogP contribution in [-0.2, 0) is 11.4 Å². The van der Waals surface area contributed by atoms with Crippen LogP contribution in [0.3, 0.4) is 0 Å². The predicted molar refractivity (Wildman–Crippen MR) is 157 cm³/mol. The summed E-state index contributed by atoms with van der Waals surface area (Å²) in [5.41, 5.74) is 12.2. The number of nitrogens with zero attached hydrogens (tertiary/aromatic N) is 2. The first-order valence-corrected chi connectivity index (χ1v) is 13.6. The van der Waals surface area contributed by atoms with Crippen molar-refractivity contribution in [3.05, 3.63) is 111 Å². The van der Waals surface area contributed by atoms with Crippen molar-refractivity contribution in [2.75, 3.05) is 12.0 Å². The third-order valence-corrected chi connectivity index (χ3v) is 7.91. The van der Waals surface area contributed by atoms with Crippen molar-refractivity contribution in [2.24, 2.45) is 11.1 Å². The Hall–Kier alpha value is -4.57. The van der Waals surface area contributed by atoms with Crippen LogP contribution < -0.4 is 20.1 Å². The van der Waals surface area contributed by atoms with Crippen molar-refractivity contribution >= 4 is 11.5 Å². The number of anilines is 1. The highest BCUT2D eigenvalue weighted by Crippen LogP contribution is 2.51. The van der Waals surface area contributed by atoms with E-state index in [1.807, 2.05) is 58.0 Å². The molecular weight excluding hydrogens is 517 g/mol. The number of hydrogen-bond donors (Lipinski definition) is 1. The molecule has 1 aliphatic heterocycles. The molecule has 2 N–H and O–H groups in total. The van der Waals surface area contributed by atoms with Gasteiger partial charge in [-0.15, -0.1) is 0 Å². The number of nitriles is 1. The summed E-state index contributed by atoms with van der Waals surface area (Å²) in [6.45, 7) is 8.37. The molecule has 0 radical (unpaired) electrons. The number of Topliss-reactive ketones (excluding diaryl/α,β-unsaturated/α-hetero) is 1. The van der Waals surface area contributed by atoms with Gasteiger partial charge in [0.1, 0.15) is 29.7 Å². The maximum Gasteiger partial charge on any atom is 0.162 e. The van der Waals surface area contributed by atoms with Gasteiger partial charge in [0, 0.05) is 17.7 Å².